The minimum absolute atomic E-state index is 0.440. The standard InChI is InChI=1S/C17H16F3N3O/c1-11-4-3-5-12(2)15(11)22-16(24)23-21-10-13-6-8-14(9-7-13)17(18,19)20/h3-10H,1-2H3,(H2,22,23,24)/b21-10+. The van der Waals surface area contributed by atoms with Crippen LogP contribution in [-0.2, 0) is 6.18 Å². The van der Waals surface area contributed by atoms with Gasteiger partial charge in [-0.25, -0.2) is 10.2 Å². The van der Waals surface area contributed by atoms with E-state index >= 15 is 0 Å². The summed E-state index contributed by atoms with van der Waals surface area (Å²) in [6.07, 6.45) is -3.11. The first-order chi connectivity index (χ1) is 11.3. The van der Waals surface area contributed by atoms with E-state index in [1.165, 1.54) is 18.3 Å². The van der Waals surface area contributed by atoms with E-state index in [2.05, 4.69) is 15.8 Å². The summed E-state index contributed by atoms with van der Waals surface area (Å²) in [5.74, 6) is 0. The molecule has 2 N–H and O–H groups in total. The summed E-state index contributed by atoms with van der Waals surface area (Å²) < 4.78 is 37.4. The molecule has 0 bridgehead atoms. The molecular formula is C17H16F3N3O. The largest absolute Gasteiger partial charge is 0.416 e. The average Bonchev–Trinajstić information content (AvgIpc) is 2.51. The molecule has 0 unspecified atom stereocenters. The fourth-order valence-corrected chi connectivity index (χ4v) is 2.08. The lowest BCUT2D eigenvalue weighted by molar-refractivity contribution is -0.137. The molecule has 2 aromatic rings. The number of rotatable bonds is 3. The van der Waals surface area contributed by atoms with Gasteiger partial charge in [0.2, 0.25) is 0 Å². The van der Waals surface area contributed by atoms with Crippen LogP contribution in [-0.4, -0.2) is 12.2 Å². The van der Waals surface area contributed by atoms with E-state index in [0.29, 0.717) is 11.3 Å². The summed E-state index contributed by atoms with van der Waals surface area (Å²) in [5.41, 5.74) is 4.50. The zero-order chi connectivity index (χ0) is 17.7. The molecule has 24 heavy (non-hydrogen) atoms. The minimum Gasteiger partial charge on any atom is -0.306 e. The third-order valence-corrected chi connectivity index (χ3v) is 3.34. The molecule has 0 saturated heterocycles. The number of urea groups is 1. The first-order valence-electron chi connectivity index (χ1n) is 7.11. The molecule has 0 radical (unpaired) electrons. The van der Waals surface area contributed by atoms with Gasteiger partial charge in [0.15, 0.2) is 0 Å². The van der Waals surface area contributed by atoms with Crippen molar-refractivity contribution in [2.45, 2.75) is 20.0 Å². The molecule has 2 aromatic carbocycles. The van der Waals surface area contributed by atoms with Crippen LogP contribution in [0.25, 0.3) is 0 Å². The highest BCUT2D eigenvalue weighted by atomic mass is 19.4. The second kappa shape index (κ2) is 7.16. The second-order valence-electron chi connectivity index (χ2n) is 5.21. The van der Waals surface area contributed by atoms with Gasteiger partial charge in [-0.3, -0.25) is 0 Å². The van der Waals surface area contributed by atoms with E-state index in [1.807, 2.05) is 32.0 Å². The number of carbonyl (C=O) groups is 1. The van der Waals surface area contributed by atoms with Crippen molar-refractivity contribution in [3.63, 3.8) is 0 Å². The van der Waals surface area contributed by atoms with Crippen molar-refractivity contribution in [1.29, 1.82) is 0 Å². The second-order valence-corrected chi connectivity index (χ2v) is 5.21. The van der Waals surface area contributed by atoms with Crippen LogP contribution in [0.1, 0.15) is 22.3 Å². The van der Waals surface area contributed by atoms with E-state index in [0.717, 1.165) is 23.3 Å². The Morgan fingerprint density at radius 1 is 1.04 bits per heavy atom. The topological polar surface area (TPSA) is 53.5 Å². The fraction of sp³-hybridized carbons (Fsp3) is 0.176. The smallest absolute Gasteiger partial charge is 0.306 e. The van der Waals surface area contributed by atoms with Gasteiger partial charge >= 0.3 is 12.2 Å². The number of carbonyl (C=O) groups excluding carboxylic acids is 1. The highest BCUT2D eigenvalue weighted by Gasteiger charge is 2.29. The lowest BCUT2D eigenvalue weighted by atomic mass is 10.1. The molecule has 0 spiro atoms. The Bertz CT molecular complexity index is 732. The zero-order valence-corrected chi connectivity index (χ0v) is 13.1. The van der Waals surface area contributed by atoms with E-state index in [9.17, 15) is 18.0 Å². The highest BCUT2D eigenvalue weighted by Crippen LogP contribution is 2.28. The van der Waals surface area contributed by atoms with Gasteiger partial charge in [0.1, 0.15) is 0 Å². The Morgan fingerprint density at radius 3 is 2.17 bits per heavy atom. The maximum Gasteiger partial charge on any atom is 0.416 e. The van der Waals surface area contributed by atoms with E-state index < -0.39 is 17.8 Å². The number of halogens is 3. The monoisotopic (exact) mass is 335 g/mol. The van der Waals surface area contributed by atoms with Crippen LogP contribution in [0.3, 0.4) is 0 Å². The molecule has 7 heteroatoms. The molecule has 0 fully saturated rings. The molecule has 0 atom stereocenters. The number of aryl methyl sites for hydroxylation is 2. The van der Waals surface area contributed by atoms with Crippen molar-refractivity contribution in [2.24, 2.45) is 5.10 Å². The first kappa shape index (κ1) is 17.5. The molecule has 0 aliphatic heterocycles. The van der Waals surface area contributed by atoms with Crippen LogP contribution in [0.5, 0.6) is 0 Å². The number of para-hydroxylation sites is 1. The van der Waals surface area contributed by atoms with Gasteiger partial charge in [0, 0.05) is 5.69 Å². The molecule has 0 aromatic heterocycles. The summed E-state index contributed by atoms with van der Waals surface area (Å²) >= 11 is 0. The van der Waals surface area contributed by atoms with Gasteiger partial charge in [-0.05, 0) is 42.7 Å². The molecule has 0 heterocycles. The Balaban J connectivity index is 1.95. The third kappa shape index (κ3) is 4.58. The SMILES string of the molecule is Cc1cccc(C)c1NC(=O)N/N=C/c1ccc(C(F)(F)F)cc1. The van der Waals surface area contributed by atoms with Gasteiger partial charge in [0.25, 0.3) is 0 Å². The lowest BCUT2D eigenvalue weighted by Crippen LogP contribution is -2.25. The van der Waals surface area contributed by atoms with Crippen molar-refractivity contribution >= 4 is 17.9 Å². The Morgan fingerprint density at radius 2 is 1.62 bits per heavy atom. The Kier molecular flexibility index (Phi) is 5.23. The molecule has 2 rings (SSSR count). The molecule has 0 saturated carbocycles. The van der Waals surface area contributed by atoms with Crippen LogP contribution in [0.2, 0.25) is 0 Å². The summed E-state index contributed by atoms with van der Waals surface area (Å²) in [7, 11) is 0. The third-order valence-electron chi connectivity index (χ3n) is 3.34. The number of alkyl halides is 3. The van der Waals surface area contributed by atoms with Gasteiger partial charge in [-0.1, -0.05) is 30.3 Å². The molecule has 4 nitrogen and oxygen atoms in total. The normalized spacial score (nSPS) is 11.5. The summed E-state index contributed by atoms with van der Waals surface area (Å²) in [6.45, 7) is 3.74. The number of anilines is 1. The van der Waals surface area contributed by atoms with E-state index in [4.69, 9.17) is 0 Å². The van der Waals surface area contributed by atoms with Crippen molar-refractivity contribution in [3.05, 3.63) is 64.7 Å². The first-order valence-corrected chi connectivity index (χ1v) is 7.11. The number of hydrogen-bond acceptors (Lipinski definition) is 2. The molecule has 2 amide bonds. The van der Waals surface area contributed by atoms with Crippen LogP contribution < -0.4 is 10.7 Å². The number of hydrogen-bond donors (Lipinski definition) is 2. The van der Waals surface area contributed by atoms with Crippen molar-refractivity contribution in [2.75, 3.05) is 5.32 Å². The maximum absolute atomic E-state index is 12.5. The predicted octanol–water partition coefficient (Wildman–Crippen LogP) is 4.48. The van der Waals surface area contributed by atoms with Crippen molar-refractivity contribution < 1.29 is 18.0 Å². The number of hydrazone groups is 1. The maximum atomic E-state index is 12.5. The number of nitrogens with zero attached hydrogens (tertiary/aromatic N) is 1. The summed E-state index contributed by atoms with van der Waals surface area (Å²) in [6, 6.07) is 9.56. The number of nitrogens with one attached hydrogen (secondary N) is 2. The van der Waals surface area contributed by atoms with Crippen LogP contribution in [0, 0.1) is 13.8 Å². The quantitative estimate of drug-likeness (QED) is 0.631. The lowest BCUT2D eigenvalue weighted by Gasteiger charge is -2.10. The molecule has 0 aliphatic carbocycles. The van der Waals surface area contributed by atoms with Crippen LogP contribution in [0.15, 0.2) is 47.6 Å². The van der Waals surface area contributed by atoms with Gasteiger partial charge in [0.05, 0.1) is 11.8 Å². The molecule has 0 aliphatic rings. The van der Waals surface area contributed by atoms with E-state index in [-0.39, 0.29) is 0 Å². The number of amides is 2. The van der Waals surface area contributed by atoms with Gasteiger partial charge < -0.3 is 5.32 Å². The van der Waals surface area contributed by atoms with Crippen LogP contribution >= 0.6 is 0 Å². The number of benzene rings is 2. The summed E-state index contributed by atoms with van der Waals surface area (Å²) in [5, 5.41) is 6.40. The Labute approximate surface area is 137 Å². The summed E-state index contributed by atoms with van der Waals surface area (Å²) in [4.78, 5) is 11.8. The van der Waals surface area contributed by atoms with Crippen LogP contribution in [0.4, 0.5) is 23.7 Å². The van der Waals surface area contributed by atoms with Crippen molar-refractivity contribution in [1.82, 2.24) is 5.43 Å². The Hall–Kier alpha value is -2.83. The molecule has 126 valence electrons. The average molecular weight is 335 g/mol. The van der Waals surface area contributed by atoms with Crippen molar-refractivity contribution in [3.8, 4) is 0 Å². The zero-order valence-electron chi connectivity index (χ0n) is 13.1. The van der Waals surface area contributed by atoms with Gasteiger partial charge in [-0.2, -0.15) is 18.3 Å². The minimum atomic E-state index is -4.38. The molecular weight excluding hydrogens is 319 g/mol. The fourth-order valence-electron chi connectivity index (χ4n) is 2.08. The predicted molar refractivity (Wildman–Crippen MR) is 87.1 cm³/mol. The van der Waals surface area contributed by atoms with Gasteiger partial charge in [-0.15, -0.1) is 0 Å². The van der Waals surface area contributed by atoms with E-state index in [1.54, 1.807) is 0 Å². The highest BCUT2D eigenvalue weighted by molar-refractivity contribution is 5.91.